The summed E-state index contributed by atoms with van der Waals surface area (Å²) in [6.45, 7) is 1.96. The molecule has 1 aromatic rings. The van der Waals surface area contributed by atoms with Crippen LogP contribution in [0.15, 0.2) is 6.20 Å². The highest BCUT2D eigenvalue weighted by Gasteiger charge is 2.30. The Kier molecular flexibility index (Phi) is 3.46. The van der Waals surface area contributed by atoms with Crippen LogP contribution in [0.1, 0.15) is 59.4 Å². The molecule has 1 saturated carbocycles. The van der Waals surface area contributed by atoms with Gasteiger partial charge in [0.05, 0.1) is 18.4 Å². The Morgan fingerprint density at radius 1 is 1.26 bits per heavy atom. The fourth-order valence-electron chi connectivity index (χ4n) is 2.62. The van der Waals surface area contributed by atoms with Gasteiger partial charge in [-0.15, -0.1) is 0 Å². The molecule has 0 unspecified atom stereocenters. The van der Waals surface area contributed by atoms with Gasteiger partial charge in [-0.1, -0.05) is 0 Å². The van der Waals surface area contributed by atoms with Crippen molar-refractivity contribution in [2.24, 2.45) is 0 Å². The van der Waals surface area contributed by atoms with E-state index in [1.165, 1.54) is 20.0 Å². The third kappa shape index (κ3) is 2.61. The largest absolute Gasteiger partial charge is 0.465 e. The molecular weight excluding hydrogens is 242 g/mol. The number of carbonyl (C=O) groups is 1. The molecule has 2 heterocycles. The Morgan fingerprint density at radius 3 is 2.63 bits per heavy atom. The summed E-state index contributed by atoms with van der Waals surface area (Å²) in [4.78, 5) is 20.9. The highest BCUT2D eigenvalue weighted by Crippen LogP contribution is 2.39. The predicted molar refractivity (Wildman–Crippen MR) is 70.2 cm³/mol. The first-order valence-corrected chi connectivity index (χ1v) is 6.95. The van der Waals surface area contributed by atoms with E-state index in [1.54, 1.807) is 6.20 Å². The second-order valence-electron chi connectivity index (χ2n) is 5.32. The smallest absolute Gasteiger partial charge is 0.341 e. The summed E-state index contributed by atoms with van der Waals surface area (Å²) in [7, 11) is 1.41. The number of methoxy groups -OCH3 is 1. The SMILES string of the molecule is COC(=O)c1cnc(C2CC2)nc1C1CCNCC1. The standard InChI is InChI=1S/C14H19N3O2/c1-19-14(18)11-8-16-13(10-2-3-10)17-12(11)9-4-6-15-7-5-9/h8-10,15H,2-7H2,1H3. The molecule has 1 aliphatic carbocycles. The van der Waals surface area contributed by atoms with Crippen LogP contribution in [0.2, 0.25) is 0 Å². The number of hydrogen-bond acceptors (Lipinski definition) is 5. The van der Waals surface area contributed by atoms with Gasteiger partial charge in [-0.2, -0.15) is 0 Å². The number of esters is 1. The molecule has 0 bridgehead atoms. The predicted octanol–water partition coefficient (Wildman–Crippen LogP) is 1.61. The summed E-state index contributed by atoms with van der Waals surface area (Å²) in [6.07, 6.45) is 6.03. The lowest BCUT2D eigenvalue weighted by Gasteiger charge is -2.23. The van der Waals surface area contributed by atoms with Crippen molar-refractivity contribution in [2.75, 3.05) is 20.2 Å². The van der Waals surface area contributed by atoms with Crippen LogP contribution in [-0.4, -0.2) is 36.1 Å². The molecule has 1 N–H and O–H groups in total. The van der Waals surface area contributed by atoms with Gasteiger partial charge in [-0.25, -0.2) is 14.8 Å². The Hall–Kier alpha value is -1.49. The minimum Gasteiger partial charge on any atom is -0.465 e. The number of rotatable bonds is 3. The minimum absolute atomic E-state index is 0.323. The maximum atomic E-state index is 11.9. The van der Waals surface area contributed by atoms with Gasteiger partial charge in [0.25, 0.3) is 0 Å². The van der Waals surface area contributed by atoms with Crippen molar-refractivity contribution in [1.29, 1.82) is 0 Å². The molecule has 0 spiro atoms. The molecule has 3 rings (SSSR count). The average Bonchev–Trinajstić information content (AvgIpc) is 3.31. The molecule has 1 aromatic heterocycles. The number of hydrogen-bond donors (Lipinski definition) is 1. The van der Waals surface area contributed by atoms with Crippen LogP contribution in [0.3, 0.4) is 0 Å². The van der Waals surface area contributed by atoms with Crippen LogP contribution in [0.4, 0.5) is 0 Å². The van der Waals surface area contributed by atoms with Crippen molar-refractivity contribution in [2.45, 2.75) is 37.5 Å². The Labute approximate surface area is 112 Å². The van der Waals surface area contributed by atoms with Gasteiger partial charge in [-0.3, -0.25) is 0 Å². The molecule has 2 fully saturated rings. The second-order valence-corrected chi connectivity index (χ2v) is 5.32. The van der Waals surface area contributed by atoms with Crippen molar-refractivity contribution in [3.8, 4) is 0 Å². The molecule has 5 nitrogen and oxygen atoms in total. The number of nitrogens with one attached hydrogen (secondary N) is 1. The molecule has 102 valence electrons. The van der Waals surface area contributed by atoms with Crippen molar-refractivity contribution < 1.29 is 9.53 Å². The summed E-state index contributed by atoms with van der Waals surface area (Å²) in [6, 6.07) is 0. The van der Waals surface area contributed by atoms with Crippen molar-refractivity contribution in [3.05, 3.63) is 23.3 Å². The lowest BCUT2D eigenvalue weighted by molar-refractivity contribution is 0.0597. The first-order valence-electron chi connectivity index (χ1n) is 6.95. The molecule has 0 atom stereocenters. The average molecular weight is 261 g/mol. The normalized spacial score (nSPS) is 20.3. The molecule has 2 aliphatic rings. The highest BCUT2D eigenvalue weighted by molar-refractivity contribution is 5.90. The van der Waals surface area contributed by atoms with Gasteiger partial charge < -0.3 is 10.1 Å². The molecule has 5 heteroatoms. The number of carbonyl (C=O) groups excluding carboxylic acids is 1. The van der Waals surface area contributed by atoms with Gasteiger partial charge >= 0.3 is 5.97 Å². The molecule has 19 heavy (non-hydrogen) atoms. The topological polar surface area (TPSA) is 64.1 Å². The minimum atomic E-state index is -0.323. The van der Waals surface area contributed by atoms with E-state index in [0.29, 0.717) is 17.4 Å². The zero-order chi connectivity index (χ0) is 13.2. The van der Waals surface area contributed by atoms with Crippen LogP contribution in [0, 0.1) is 0 Å². The van der Waals surface area contributed by atoms with Crippen LogP contribution in [0.25, 0.3) is 0 Å². The van der Waals surface area contributed by atoms with E-state index in [0.717, 1.165) is 37.4 Å². The van der Waals surface area contributed by atoms with Gasteiger partial charge in [0.15, 0.2) is 0 Å². The third-order valence-corrected chi connectivity index (χ3v) is 3.91. The molecule has 1 aliphatic heterocycles. The summed E-state index contributed by atoms with van der Waals surface area (Å²) < 4.78 is 4.85. The number of piperidine rings is 1. The molecule has 0 amide bonds. The monoisotopic (exact) mass is 261 g/mol. The van der Waals surface area contributed by atoms with E-state index in [2.05, 4.69) is 15.3 Å². The van der Waals surface area contributed by atoms with Crippen LogP contribution in [-0.2, 0) is 4.74 Å². The van der Waals surface area contributed by atoms with Crippen LogP contribution >= 0.6 is 0 Å². The molecule has 0 aromatic carbocycles. The Bertz CT molecular complexity index is 480. The van der Waals surface area contributed by atoms with Gasteiger partial charge in [0.2, 0.25) is 0 Å². The number of aromatic nitrogens is 2. The van der Waals surface area contributed by atoms with Crippen LogP contribution < -0.4 is 5.32 Å². The van der Waals surface area contributed by atoms with Crippen molar-refractivity contribution >= 4 is 5.97 Å². The van der Waals surface area contributed by atoms with Gasteiger partial charge in [0.1, 0.15) is 5.82 Å². The Morgan fingerprint density at radius 2 is 2.00 bits per heavy atom. The van der Waals surface area contributed by atoms with Crippen molar-refractivity contribution in [1.82, 2.24) is 15.3 Å². The zero-order valence-electron chi connectivity index (χ0n) is 11.2. The first-order chi connectivity index (χ1) is 9.29. The lowest BCUT2D eigenvalue weighted by Crippen LogP contribution is -2.28. The van der Waals surface area contributed by atoms with E-state index >= 15 is 0 Å². The van der Waals surface area contributed by atoms with Gasteiger partial charge in [-0.05, 0) is 38.8 Å². The second kappa shape index (κ2) is 5.25. The van der Waals surface area contributed by atoms with E-state index in [-0.39, 0.29) is 5.97 Å². The van der Waals surface area contributed by atoms with E-state index in [9.17, 15) is 4.79 Å². The molecule has 0 radical (unpaired) electrons. The van der Waals surface area contributed by atoms with Gasteiger partial charge in [0, 0.05) is 18.0 Å². The summed E-state index contributed by atoms with van der Waals surface area (Å²) in [5.41, 5.74) is 1.43. The maximum absolute atomic E-state index is 11.9. The van der Waals surface area contributed by atoms with E-state index < -0.39 is 0 Å². The number of ether oxygens (including phenoxy) is 1. The quantitative estimate of drug-likeness (QED) is 0.837. The van der Waals surface area contributed by atoms with E-state index in [4.69, 9.17) is 4.74 Å². The van der Waals surface area contributed by atoms with E-state index in [1.807, 2.05) is 0 Å². The highest BCUT2D eigenvalue weighted by atomic mass is 16.5. The Balaban J connectivity index is 1.95. The lowest BCUT2D eigenvalue weighted by atomic mass is 9.91. The number of nitrogens with zero attached hydrogens (tertiary/aromatic N) is 2. The molecule has 1 saturated heterocycles. The summed E-state index contributed by atoms with van der Waals surface area (Å²) >= 11 is 0. The fourth-order valence-corrected chi connectivity index (χ4v) is 2.62. The zero-order valence-corrected chi connectivity index (χ0v) is 11.2. The summed E-state index contributed by atoms with van der Waals surface area (Å²) in [5.74, 6) is 1.43. The fraction of sp³-hybridized carbons (Fsp3) is 0.643. The maximum Gasteiger partial charge on any atom is 0.341 e. The summed E-state index contributed by atoms with van der Waals surface area (Å²) in [5, 5.41) is 3.34. The third-order valence-electron chi connectivity index (χ3n) is 3.91. The van der Waals surface area contributed by atoms with Crippen molar-refractivity contribution in [3.63, 3.8) is 0 Å². The van der Waals surface area contributed by atoms with Crippen LogP contribution in [0.5, 0.6) is 0 Å². The molecular formula is C14H19N3O2. The first kappa shape index (κ1) is 12.5.